The molecular weight excluding hydrogens is 256 g/mol. The number of nitrogens with zero attached hydrogens (tertiary/aromatic N) is 2. The van der Waals surface area contributed by atoms with E-state index in [0.29, 0.717) is 5.69 Å². The van der Waals surface area contributed by atoms with Crippen molar-refractivity contribution in [1.29, 1.82) is 0 Å². The molecule has 20 heavy (non-hydrogen) atoms. The van der Waals surface area contributed by atoms with Crippen molar-refractivity contribution in [3.8, 4) is 0 Å². The Hall–Kier alpha value is -1.95. The van der Waals surface area contributed by atoms with Crippen molar-refractivity contribution in [3.05, 3.63) is 18.2 Å². The molecule has 1 saturated carbocycles. The first kappa shape index (κ1) is 13.1. The van der Waals surface area contributed by atoms with Gasteiger partial charge in [-0.25, -0.2) is 0 Å². The first-order valence-corrected chi connectivity index (χ1v) is 7.03. The summed E-state index contributed by atoms with van der Waals surface area (Å²) in [5.41, 5.74) is 2.22. The minimum atomic E-state index is -0.126. The number of fused-ring (bicyclic) bond motifs is 1. The summed E-state index contributed by atoms with van der Waals surface area (Å²) in [5.74, 6) is -0.126. The molecule has 3 rings (SSSR count). The van der Waals surface area contributed by atoms with Gasteiger partial charge in [-0.2, -0.15) is 15.4 Å². The third kappa shape index (κ3) is 3.14. The molecule has 6 heteroatoms. The van der Waals surface area contributed by atoms with Gasteiger partial charge in [0.25, 0.3) is 0 Å². The SMILES string of the molecule is O=C(COC1CCCCC1)Nc1ccc2n[nH]nc2c1. The fourth-order valence-electron chi connectivity index (χ4n) is 2.54. The number of amides is 1. The van der Waals surface area contributed by atoms with Crippen molar-refractivity contribution in [2.75, 3.05) is 11.9 Å². The van der Waals surface area contributed by atoms with Crippen molar-refractivity contribution >= 4 is 22.6 Å². The number of benzene rings is 1. The number of ether oxygens (including phenoxy) is 1. The quantitative estimate of drug-likeness (QED) is 0.896. The minimum absolute atomic E-state index is 0.113. The van der Waals surface area contributed by atoms with Crippen LogP contribution in [0.15, 0.2) is 18.2 Å². The Morgan fingerprint density at radius 1 is 1.25 bits per heavy atom. The highest BCUT2D eigenvalue weighted by atomic mass is 16.5. The molecule has 0 bridgehead atoms. The van der Waals surface area contributed by atoms with E-state index in [1.165, 1.54) is 19.3 Å². The second-order valence-electron chi connectivity index (χ2n) is 5.15. The lowest BCUT2D eigenvalue weighted by molar-refractivity contribution is -0.123. The van der Waals surface area contributed by atoms with Gasteiger partial charge in [-0.3, -0.25) is 4.79 Å². The summed E-state index contributed by atoms with van der Waals surface area (Å²) < 4.78 is 5.64. The Morgan fingerprint density at radius 2 is 2.05 bits per heavy atom. The molecule has 0 radical (unpaired) electrons. The summed E-state index contributed by atoms with van der Waals surface area (Å²) >= 11 is 0. The Bertz CT molecular complexity index is 590. The van der Waals surface area contributed by atoms with Gasteiger partial charge in [0.2, 0.25) is 5.91 Å². The highest BCUT2D eigenvalue weighted by Gasteiger charge is 2.15. The number of hydrogen-bond donors (Lipinski definition) is 2. The third-order valence-electron chi connectivity index (χ3n) is 3.60. The largest absolute Gasteiger partial charge is 0.368 e. The minimum Gasteiger partial charge on any atom is -0.368 e. The van der Waals surface area contributed by atoms with Crippen LogP contribution in [0.2, 0.25) is 0 Å². The predicted molar refractivity (Wildman–Crippen MR) is 75.3 cm³/mol. The molecule has 6 nitrogen and oxygen atoms in total. The van der Waals surface area contributed by atoms with Crippen LogP contribution in [0.5, 0.6) is 0 Å². The van der Waals surface area contributed by atoms with Crippen LogP contribution in [0.4, 0.5) is 5.69 Å². The summed E-state index contributed by atoms with van der Waals surface area (Å²) in [5, 5.41) is 13.3. The lowest BCUT2D eigenvalue weighted by Gasteiger charge is -2.21. The van der Waals surface area contributed by atoms with E-state index in [1.54, 1.807) is 6.07 Å². The van der Waals surface area contributed by atoms with Crippen molar-refractivity contribution < 1.29 is 9.53 Å². The molecule has 1 aliphatic rings. The zero-order valence-electron chi connectivity index (χ0n) is 11.3. The standard InChI is InChI=1S/C14H18N4O2/c19-14(9-20-11-4-2-1-3-5-11)15-10-6-7-12-13(8-10)17-18-16-12/h6-8,11H,1-5,9H2,(H,15,19)(H,16,17,18). The number of H-pyrrole nitrogens is 1. The molecular formula is C14H18N4O2. The molecule has 1 fully saturated rings. The molecule has 1 aromatic heterocycles. The molecule has 1 aliphatic carbocycles. The summed E-state index contributed by atoms with van der Waals surface area (Å²) in [6, 6.07) is 5.41. The molecule has 0 saturated heterocycles. The number of aromatic nitrogens is 3. The predicted octanol–water partition coefficient (Wildman–Crippen LogP) is 2.25. The van der Waals surface area contributed by atoms with E-state index in [4.69, 9.17) is 4.74 Å². The number of rotatable bonds is 4. The second kappa shape index (κ2) is 6.00. The average molecular weight is 274 g/mol. The van der Waals surface area contributed by atoms with E-state index in [9.17, 15) is 4.79 Å². The molecule has 2 aromatic rings. The van der Waals surface area contributed by atoms with E-state index >= 15 is 0 Å². The van der Waals surface area contributed by atoms with Crippen LogP contribution in [0.3, 0.4) is 0 Å². The van der Waals surface area contributed by atoms with Crippen LogP contribution in [0.25, 0.3) is 11.0 Å². The van der Waals surface area contributed by atoms with Gasteiger partial charge in [-0.15, -0.1) is 0 Å². The Morgan fingerprint density at radius 3 is 2.90 bits per heavy atom. The maximum absolute atomic E-state index is 11.8. The fraction of sp³-hybridized carbons (Fsp3) is 0.500. The summed E-state index contributed by atoms with van der Waals surface area (Å²) in [6.07, 6.45) is 6.07. The van der Waals surface area contributed by atoms with Crippen molar-refractivity contribution in [1.82, 2.24) is 15.4 Å². The van der Waals surface area contributed by atoms with Gasteiger partial charge in [0.1, 0.15) is 17.6 Å². The average Bonchev–Trinajstić information content (AvgIpc) is 2.94. The Labute approximate surface area is 116 Å². The van der Waals surface area contributed by atoms with Gasteiger partial charge < -0.3 is 10.1 Å². The van der Waals surface area contributed by atoms with Crippen molar-refractivity contribution in [3.63, 3.8) is 0 Å². The highest BCUT2D eigenvalue weighted by molar-refractivity contribution is 5.93. The summed E-state index contributed by atoms with van der Waals surface area (Å²) in [7, 11) is 0. The molecule has 106 valence electrons. The lowest BCUT2D eigenvalue weighted by atomic mass is 9.98. The number of hydrogen-bond acceptors (Lipinski definition) is 4. The Kier molecular flexibility index (Phi) is 3.92. The second-order valence-corrected chi connectivity index (χ2v) is 5.15. The summed E-state index contributed by atoms with van der Waals surface area (Å²) in [6.45, 7) is 0.113. The number of aromatic amines is 1. The van der Waals surface area contributed by atoms with Gasteiger partial charge in [0, 0.05) is 5.69 Å². The number of anilines is 1. The molecule has 0 unspecified atom stereocenters. The lowest BCUT2D eigenvalue weighted by Crippen LogP contribution is -2.24. The van der Waals surface area contributed by atoms with E-state index in [1.807, 2.05) is 12.1 Å². The maximum Gasteiger partial charge on any atom is 0.250 e. The van der Waals surface area contributed by atoms with Crippen LogP contribution in [-0.4, -0.2) is 34.0 Å². The maximum atomic E-state index is 11.8. The molecule has 2 N–H and O–H groups in total. The smallest absolute Gasteiger partial charge is 0.250 e. The normalized spacial score (nSPS) is 16.4. The van der Waals surface area contributed by atoms with Gasteiger partial charge in [-0.05, 0) is 31.0 Å². The number of nitrogens with one attached hydrogen (secondary N) is 2. The molecule has 1 amide bonds. The molecule has 1 heterocycles. The van der Waals surface area contributed by atoms with E-state index in [0.717, 1.165) is 23.9 Å². The van der Waals surface area contributed by atoms with Crippen molar-refractivity contribution in [2.45, 2.75) is 38.2 Å². The van der Waals surface area contributed by atoms with Crippen molar-refractivity contribution in [2.24, 2.45) is 0 Å². The highest BCUT2D eigenvalue weighted by Crippen LogP contribution is 2.20. The third-order valence-corrected chi connectivity index (χ3v) is 3.60. The van der Waals surface area contributed by atoms with Gasteiger partial charge >= 0.3 is 0 Å². The van der Waals surface area contributed by atoms with E-state index in [-0.39, 0.29) is 18.6 Å². The molecule has 1 aromatic carbocycles. The van der Waals surface area contributed by atoms with E-state index < -0.39 is 0 Å². The molecule has 0 atom stereocenters. The van der Waals surface area contributed by atoms with Gasteiger partial charge in [0.05, 0.1) is 6.10 Å². The van der Waals surface area contributed by atoms with Gasteiger partial charge in [-0.1, -0.05) is 19.3 Å². The van der Waals surface area contributed by atoms with Crippen LogP contribution in [0.1, 0.15) is 32.1 Å². The fourth-order valence-corrected chi connectivity index (χ4v) is 2.54. The van der Waals surface area contributed by atoms with Crippen LogP contribution in [0, 0.1) is 0 Å². The Balaban J connectivity index is 1.52. The topological polar surface area (TPSA) is 79.9 Å². The first-order valence-electron chi connectivity index (χ1n) is 7.03. The number of carbonyl (C=O) groups excluding carboxylic acids is 1. The molecule has 0 aliphatic heterocycles. The van der Waals surface area contributed by atoms with Crippen LogP contribution in [-0.2, 0) is 9.53 Å². The first-order chi connectivity index (χ1) is 9.81. The van der Waals surface area contributed by atoms with Crippen LogP contribution >= 0.6 is 0 Å². The van der Waals surface area contributed by atoms with Gasteiger partial charge in [0.15, 0.2) is 0 Å². The van der Waals surface area contributed by atoms with Crippen LogP contribution < -0.4 is 5.32 Å². The zero-order chi connectivity index (χ0) is 13.8. The zero-order valence-corrected chi connectivity index (χ0v) is 11.3. The number of carbonyl (C=O) groups is 1. The molecule has 0 spiro atoms. The summed E-state index contributed by atoms with van der Waals surface area (Å²) in [4.78, 5) is 11.8. The monoisotopic (exact) mass is 274 g/mol. The van der Waals surface area contributed by atoms with E-state index in [2.05, 4.69) is 20.7 Å².